The second-order valence-electron chi connectivity index (χ2n) is 6.18. The summed E-state index contributed by atoms with van der Waals surface area (Å²) in [6, 6.07) is 10.3. The number of aromatic nitrogens is 2. The lowest BCUT2D eigenvalue weighted by Crippen LogP contribution is -2.27. The lowest BCUT2D eigenvalue weighted by Gasteiger charge is -2.09. The number of benzene rings is 1. The summed E-state index contributed by atoms with van der Waals surface area (Å²) in [5.74, 6) is 2.33. The minimum Gasteiger partial charge on any atom is -0.466 e. The van der Waals surface area contributed by atoms with E-state index in [9.17, 15) is 4.79 Å². The molecule has 0 unspecified atom stereocenters. The SMILES string of the molecule is Cc1oc(C)c(C(=O)NCCc2nccn2Cc2ccccc2)c1C. The van der Waals surface area contributed by atoms with Crippen molar-refractivity contribution in [2.75, 3.05) is 6.54 Å². The molecule has 0 saturated carbocycles. The number of hydrogen-bond acceptors (Lipinski definition) is 3. The van der Waals surface area contributed by atoms with Crippen molar-refractivity contribution in [1.29, 1.82) is 0 Å². The standard InChI is InChI=1S/C20H23N3O2/c1-14-15(2)25-16(3)19(14)20(24)22-10-9-18-21-11-12-23(18)13-17-7-5-4-6-8-17/h4-8,11-12H,9-10,13H2,1-3H3,(H,22,24). The lowest BCUT2D eigenvalue weighted by molar-refractivity contribution is 0.0952. The minimum atomic E-state index is -0.0898. The third kappa shape index (κ3) is 3.82. The Morgan fingerprint density at radius 3 is 2.60 bits per heavy atom. The monoisotopic (exact) mass is 337 g/mol. The number of furan rings is 1. The van der Waals surface area contributed by atoms with Crippen LogP contribution in [0.25, 0.3) is 0 Å². The quantitative estimate of drug-likeness (QED) is 0.750. The van der Waals surface area contributed by atoms with Crippen LogP contribution in [0.3, 0.4) is 0 Å². The van der Waals surface area contributed by atoms with Crippen LogP contribution in [0.1, 0.15) is 38.8 Å². The summed E-state index contributed by atoms with van der Waals surface area (Å²) in [4.78, 5) is 16.8. The summed E-state index contributed by atoms with van der Waals surface area (Å²) in [6.45, 7) is 6.92. The molecule has 5 nitrogen and oxygen atoms in total. The van der Waals surface area contributed by atoms with Gasteiger partial charge in [-0.1, -0.05) is 30.3 Å². The molecule has 1 amide bonds. The van der Waals surface area contributed by atoms with Crippen molar-refractivity contribution < 1.29 is 9.21 Å². The van der Waals surface area contributed by atoms with Crippen molar-refractivity contribution >= 4 is 5.91 Å². The molecule has 2 heterocycles. The van der Waals surface area contributed by atoms with Crippen LogP contribution in [0.4, 0.5) is 0 Å². The van der Waals surface area contributed by atoms with Crippen LogP contribution < -0.4 is 5.32 Å². The fraction of sp³-hybridized carbons (Fsp3) is 0.300. The Kier molecular flexibility index (Phi) is 5.03. The maximum absolute atomic E-state index is 12.4. The van der Waals surface area contributed by atoms with Crippen molar-refractivity contribution in [3.8, 4) is 0 Å². The third-order valence-corrected chi connectivity index (χ3v) is 4.42. The first kappa shape index (κ1) is 17.0. The number of nitrogens with one attached hydrogen (secondary N) is 1. The van der Waals surface area contributed by atoms with Crippen molar-refractivity contribution in [1.82, 2.24) is 14.9 Å². The molecule has 0 bridgehead atoms. The topological polar surface area (TPSA) is 60.1 Å². The molecule has 0 aliphatic carbocycles. The van der Waals surface area contributed by atoms with E-state index in [0.29, 0.717) is 24.3 Å². The van der Waals surface area contributed by atoms with E-state index in [1.54, 1.807) is 6.20 Å². The van der Waals surface area contributed by atoms with Crippen LogP contribution in [0.15, 0.2) is 47.1 Å². The van der Waals surface area contributed by atoms with E-state index in [1.165, 1.54) is 5.56 Å². The number of carbonyl (C=O) groups excluding carboxylic acids is 1. The second-order valence-corrected chi connectivity index (χ2v) is 6.18. The zero-order valence-corrected chi connectivity index (χ0v) is 14.9. The molecule has 130 valence electrons. The smallest absolute Gasteiger partial charge is 0.255 e. The third-order valence-electron chi connectivity index (χ3n) is 4.42. The molecule has 5 heteroatoms. The Bertz CT molecular complexity index is 862. The van der Waals surface area contributed by atoms with E-state index < -0.39 is 0 Å². The Morgan fingerprint density at radius 2 is 1.92 bits per heavy atom. The fourth-order valence-electron chi connectivity index (χ4n) is 3.00. The van der Waals surface area contributed by atoms with Crippen LogP contribution in [0.2, 0.25) is 0 Å². The summed E-state index contributed by atoms with van der Waals surface area (Å²) >= 11 is 0. The van der Waals surface area contributed by atoms with Crippen molar-refractivity contribution in [2.24, 2.45) is 0 Å². The molecular weight excluding hydrogens is 314 g/mol. The van der Waals surface area contributed by atoms with Gasteiger partial charge in [-0.15, -0.1) is 0 Å². The molecule has 1 aromatic carbocycles. The van der Waals surface area contributed by atoms with E-state index in [0.717, 1.165) is 23.7 Å². The Balaban J connectivity index is 1.60. The molecule has 0 fully saturated rings. The van der Waals surface area contributed by atoms with E-state index in [-0.39, 0.29) is 5.91 Å². The number of nitrogens with zero attached hydrogens (tertiary/aromatic N) is 2. The van der Waals surface area contributed by atoms with Crippen molar-refractivity contribution in [2.45, 2.75) is 33.7 Å². The summed E-state index contributed by atoms with van der Waals surface area (Å²) < 4.78 is 7.64. The largest absolute Gasteiger partial charge is 0.466 e. The van der Waals surface area contributed by atoms with Crippen LogP contribution in [0, 0.1) is 20.8 Å². The normalized spacial score (nSPS) is 10.8. The van der Waals surface area contributed by atoms with Crippen LogP contribution >= 0.6 is 0 Å². The van der Waals surface area contributed by atoms with Gasteiger partial charge in [0.25, 0.3) is 5.91 Å². The first-order valence-electron chi connectivity index (χ1n) is 8.45. The van der Waals surface area contributed by atoms with Gasteiger partial charge in [0.15, 0.2) is 0 Å². The van der Waals surface area contributed by atoms with E-state index in [4.69, 9.17) is 4.42 Å². The first-order chi connectivity index (χ1) is 12.1. The molecule has 0 aliphatic heterocycles. The number of carbonyl (C=O) groups is 1. The van der Waals surface area contributed by atoms with Gasteiger partial charge >= 0.3 is 0 Å². The highest BCUT2D eigenvalue weighted by molar-refractivity contribution is 5.96. The molecular formula is C20H23N3O2. The fourth-order valence-corrected chi connectivity index (χ4v) is 3.00. The van der Waals surface area contributed by atoms with Crippen molar-refractivity contribution in [3.05, 3.63) is 76.8 Å². The maximum atomic E-state index is 12.4. The zero-order valence-electron chi connectivity index (χ0n) is 14.9. The molecule has 0 aliphatic rings. The van der Waals surface area contributed by atoms with Gasteiger partial charge in [0.1, 0.15) is 17.3 Å². The van der Waals surface area contributed by atoms with Gasteiger partial charge in [-0.2, -0.15) is 0 Å². The Labute approximate surface area is 147 Å². The van der Waals surface area contributed by atoms with Gasteiger partial charge in [-0.3, -0.25) is 4.79 Å². The average Bonchev–Trinajstić information content (AvgIpc) is 3.13. The molecule has 1 N–H and O–H groups in total. The van der Waals surface area contributed by atoms with E-state index >= 15 is 0 Å². The average molecular weight is 337 g/mol. The van der Waals surface area contributed by atoms with Crippen molar-refractivity contribution in [3.63, 3.8) is 0 Å². The highest BCUT2D eigenvalue weighted by Gasteiger charge is 2.18. The first-order valence-corrected chi connectivity index (χ1v) is 8.45. The zero-order chi connectivity index (χ0) is 17.8. The number of aryl methyl sites for hydroxylation is 2. The molecule has 0 saturated heterocycles. The number of amides is 1. The predicted molar refractivity (Wildman–Crippen MR) is 96.7 cm³/mol. The molecule has 2 aromatic heterocycles. The molecule has 0 radical (unpaired) electrons. The molecule has 3 aromatic rings. The molecule has 25 heavy (non-hydrogen) atoms. The Morgan fingerprint density at radius 1 is 1.16 bits per heavy atom. The summed E-state index contributed by atoms with van der Waals surface area (Å²) in [5, 5.41) is 2.97. The maximum Gasteiger partial charge on any atom is 0.255 e. The Hall–Kier alpha value is -2.82. The number of imidazole rings is 1. The number of rotatable bonds is 6. The van der Waals surface area contributed by atoms with Crippen LogP contribution in [-0.4, -0.2) is 22.0 Å². The summed E-state index contributed by atoms with van der Waals surface area (Å²) in [6.07, 6.45) is 4.45. The van der Waals surface area contributed by atoms with Gasteiger partial charge < -0.3 is 14.3 Å². The van der Waals surface area contributed by atoms with Gasteiger partial charge in [-0.05, 0) is 26.3 Å². The van der Waals surface area contributed by atoms with Gasteiger partial charge in [0, 0.05) is 37.5 Å². The van der Waals surface area contributed by atoms with E-state index in [1.807, 2.05) is 45.2 Å². The molecule has 0 atom stereocenters. The van der Waals surface area contributed by atoms with E-state index in [2.05, 4.69) is 27.0 Å². The summed E-state index contributed by atoms with van der Waals surface area (Å²) in [7, 11) is 0. The second kappa shape index (κ2) is 7.38. The lowest BCUT2D eigenvalue weighted by atomic mass is 10.1. The molecule has 3 rings (SSSR count). The van der Waals surface area contributed by atoms with Crippen LogP contribution in [0.5, 0.6) is 0 Å². The van der Waals surface area contributed by atoms with Gasteiger partial charge in [0.2, 0.25) is 0 Å². The predicted octanol–water partition coefficient (Wildman–Crippen LogP) is 3.42. The van der Waals surface area contributed by atoms with Crippen LogP contribution in [-0.2, 0) is 13.0 Å². The minimum absolute atomic E-state index is 0.0898. The highest BCUT2D eigenvalue weighted by Crippen LogP contribution is 2.20. The summed E-state index contributed by atoms with van der Waals surface area (Å²) in [5.41, 5.74) is 2.77. The highest BCUT2D eigenvalue weighted by atomic mass is 16.3. The molecule has 0 spiro atoms. The number of hydrogen-bond donors (Lipinski definition) is 1. The van der Waals surface area contributed by atoms with Gasteiger partial charge in [0.05, 0.1) is 5.56 Å². The van der Waals surface area contributed by atoms with Gasteiger partial charge in [-0.25, -0.2) is 4.98 Å².